The molecule has 0 saturated heterocycles. The number of hydrogen-bond acceptors (Lipinski definition) is 5. The summed E-state index contributed by atoms with van der Waals surface area (Å²) >= 11 is 0. The molecule has 0 aromatic heterocycles. The molecular formula is C15H33O5P. The monoisotopic (exact) mass is 324 g/mol. The molecular weight excluding hydrogens is 291 g/mol. The Labute approximate surface area is 130 Å². The van der Waals surface area contributed by atoms with Crippen molar-refractivity contribution in [2.24, 2.45) is 0 Å². The van der Waals surface area contributed by atoms with E-state index in [-0.39, 0.29) is 6.29 Å². The highest BCUT2D eigenvalue weighted by Crippen LogP contribution is 2.48. The molecule has 0 aliphatic heterocycles. The number of hydrogen-bond donors (Lipinski definition) is 0. The van der Waals surface area contributed by atoms with Gasteiger partial charge in [-0.1, -0.05) is 12.8 Å². The van der Waals surface area contributed by atoms with Gasteiger partial charge in [-0.05, 0) is 47.0 Å². The van der Waals surface area contributed by atoms with Gasteiger partial charge in [0.15, 0.2) is 6.29 Å². The Kier molecular flexibility index (Phi) is 13.8. The maximum absolute atomic E-state index is 12.2. The van der Waals surface area contributed by atoms with Crippen LogP contribution in [0.2, 0.25) is 0 Å². The fourth-order valence-electron chi connectivity index (χ4n) is 2.12. The first kappa shape index (κ1) is 21.1. The van der Waals surface area contributed by atoms with Crippen molar-refractivity contribution >= 4 is 7.60 Å². The summed E-state index contributed by atoms with van der Waals surface area (Å²) in [7, 11) is -2.86. The molecule has 128 valence electrons. The molecule has 5 nitrogen and oxygen atoms in total. The van der Waals surface area contributed by atoms with E-state index in [0.29, 0.717) is 32.6 Å². The van der Waals surface area contributed by atoms with Crippen molar-refractivity contribution < 1.29 is 23.1 Å². The van der Waals surface area contributed by atoms with Gasteiger partial charge in [0.25, 0.3) is 0 Å². The van der Waals surface area contributed by atoms with E-state index < -0.39 is 7.60 Å². The highest BCUT2D eigenvalue weighted by atomic mass is 31.2. The summed E-state index contributed by atoms with van der Waals surface area (Å²) in [5.74, 6) is 0. The lowest BCUT2D eigenvalue weighted by atomic mass is 10.1. The van der Waals surface area contributed by atoms with E-state index in [0.717, 1.165) is 32.1 Å². The van der Waals surface area contributed by atoms with E-state index in [1.807, 2.05) is 27.7 Å². The molecule has 0 bridgehead atoms. The first-order valence-corrected chi connectivity index (χ1v) is 9.95. The molecule has 0 aromatic rings. The molecule has 0 amide bonds. The summed E-state index contributed by atoms with van der Waals surface area (Å²) in [4.78, 5) is 0. The SMILES string of the molecule is CCOC(CCCCCCP(=O)(OCC)OCC)OCC. The smallest absolute Gasteiger partial charge is 0.330 e. The lowest BCUT2D eigenvalue weighted by Gasteiger charge is -2.17. The Morgan fingerprint density at radius 2 is 1.29 bits per heavy atom. The van der Waals surface area contributed by atoms with Gasteiger partial charge in [0, 0.05) is 13.2 Å². The zero-order valence-corrected chi connectivity index (χ0v) is 15.0. The van der Waals surface area contributed by atoms with E-state index in [1.54, 1.807) is 0 Å². The maximum Gasteiger partial charge on any atom is 0.330 e. The maximum atomic E-state index is 12.2. The number of ether oxygens (including phenoxy) is 2. The second kappa shape index (κ2) is 13.7. The van der Waals surface area contributed by atoms with Crippen LogP contribution in [0.15, 0.2) is 0 Å². The molecule has 0 atom stereocenters. The minimum atomic E-state index is -2.86. The third-order valence-corrected chi connectivity index (χ3v) is 5.15. The summed E-state index contributed by atoms with van der Waals surface area (Å²) in [6, 6.07) is 0. The Morgan fingerprint density at radius 3 is 1.76 bits per heavy atom. The summed E-state index contributed by atoms with van der Waals surface area (Å²) in [6.45, 7) is 9.85. The predicted molar refractivity (Wildman–Crippen MR) is 85.9 cm³/mol. The second-order valence-corrected chi connectivity index (χ2v) is 6.90. The fraction of sp³-hybridized carbons (Fsp3) is 1.00. The normalized spacial score (nSPS) is 12.2. The average molecular weight is 324 g/mol. The fourth-order valence-corrected chi connectivity index (χ4v) is 3.85. The Hall–Kier alpha value is 0.0700. The van der Waals surface area contributed by atoms with Gasteiger partial charge in [-0.3, -0.25) is 4.57 Å². The van der Waals surface area contributed by atoms with Gasteiger partial charge in [0.1, 0.15) is 0 Å². The van der Waals surface area contributed by atoms with Gasteiger partial charge in [0.05, 0.1) is 19.4 Å². The van der Waals surface area contributed by atoms with Crippen LogP contribution in [0.1, 0.15) is 59.8 Å². The molecule has 0 radical (unpaired) electrons. The standard InChI is InChI=1S/C15H33O5P/c1-5-17-15(18-6-2)13-11-9-10-12-14-21(16,19-7-3)20-8-4/h15H,5-14H2,1-4H3. The molecule has 0 fully saturated rings. The molecule has 0 aliphatic rings. The highest BCUT2D eigenvalue weighted by Gasteiger charge is 2.22. The second-order valence-electron chi connectivity index (χ2n) is 4.71. The molecule has 0 saturated carbocycles. The van der Waals surface area contributed by atoms with Gasteiger partial charge >= 0.3 is 7.60 Å². The molecule has 21 heavy (non-hydrogen) atoms. The van der Waals surface area contributed by atoms with Gasteiger partial charge in [-0.25, -0.2) is 0 Å². The molecule has 0 heterocycles. The zero-order valence-electron chi connectivity index (χ0n) is 14.1. The Morgan fingerprint density at radius 1 is 0.762 bits per heavy atom. The van der Waals surface area contributed by atoms with Crippen LogP contribution in [0.25, 0.3) is 0 Å². The van der Waals surface area contributed by atoms with Gasteiger partial charge in [-0.15, -0.1) is 0 Å². The third kappa shape index (κ3) is 11.3. The van der Waals surface area contributed by atoms with Crippen LogP contribution in [0.3, 0.4) is 0 Å². The minimum Gasteiger partial charge on any atom is -0.353 e. The van der Waals surface area contributed by atoms with Crippen LogP contribution < -0.4 is 0 Å². The van der Waals surface area contributed by atoms with Gasteiger partial charge in [-0.2, -0.15) is 0 Å². The van der Waals surface area contributed by atoms with E-state index in [4.69, 9.17) is 18.5 Å². The van der Waals surface area contributed by atoms with Crippen molar-refractivity contribution in [3.05, 3.63) is 0 Å². The topological polar surface area (TPSA) is 54.0 Å². The third-order valence-electron chi connectivity index (χ3n) is 2.98. The van der Waals surface area contributed by atoms with Crippen molar-refractivity contribution in [2.75, 3.05) is 32.6 Å². The number of rotatable bonds is 15. The highest BCUT2D eigenvalue weighted by molar-refractivity contribution is 7.53. The van der Waals surface area contributed by atoms with Gasteiger partial charge < -0.3 is 18.5 Å². The largest absolute Gasteiger partial charge is 0.353 e. The molecule has 0 aromatic carbocycles. The molecule has 6 heteroatoms. The minimum absolute atomic E-state index is 0.0852. The first-order chi connectivity index (χ1) is 10.1. The molecule has 0 aliphatic carbocycles. The molecule has 0 unspecified atom stereocenters. The first-order valence-electron chi connectivity index (χ1n) is 8.23. The van der Waals surface area contributed by atoms with E-state index in [9.17, 15) is 4.57 Å². The summed E-state index contributed by atoms with van der Waals surface area (Å²) in [5, 5.41) is 0. The summed E-state index contributed by atoms with van der Waals surface area (Å²) in [6.07, 6.45) is 5.36. The molecule has 0 N–H and O–H groups in total. The van der Waals surface area contributed by atoms with Crippen molar-refractivity contribution in [1.29, 1.82) is 0 Å². The van der Waals surface area contributed by atoms with Crippen LogP contribution in [-0.4, -0.2) is 38.9 Å². The summed E-state index contributed by atoms with van der Waals surface area (Å²) < 4.78 is 33.8. The number of unbranched alkanes of at least 4 members (excludes halogenated alkanes) is 3. The quantitative estimate of drug-likeness (QED) is 0.250. The predicted octanol–water partition coefficient (Wildman–Crippen LogP) is 4.60. The van der Waals surface area contributed by atoms with Crippen LogP contribution in [0.5, 0.6) is 0 Å². The summed E-state index contributed by atoms with van der Waals surface area (Å²) in [5.41, 5.74) is 0. The van der Waals surface area contributed by atoms with Crippen LogP contribution >= 0.6 is 7.60 Å². The average Bonchev–Trinajstić information content (AvgIpc) is 2.43. The van der Waals surface area contributed by atoms with Gasteiger partial charge in [0.2, 0.25) is 0 Å². The lowest BCUT2D eigenvalue weighted by molar-refractivity contribution is -0.140. The lowest BCUT2D eigenvalue weighted by Crippen LogP contribution is -2.17. The van der Waals surface area contributed by atoms with Crippen molar-refractivity contribution in [3.63, 3.8) is 0 Å². The zero-order chi connectivity index (χ0) is 16.0. The molecule has 0 spiro atoms. The van der Waals surface area contributed by atoms with E-state index in [2.05, 4.69) is 0 Å². The van der Waals surface area contributed by atoms with Crippen molar-refractivity contribution in [1.82, 2.24) is 0 Å². The van der Waals surface area contributed by atoms with Crippen molar-refractivity contribution in [3.8, 4) is 0 Å². The van der Waals surface area contributed by atoms with Crippen LogP contribution in [0.4, 0.5) is 0 Å². The Bertz CT molecular complexity index is 257. The Balaban J connectivity index is 3.76. The van der Waals surface area contributed by atoms with Crippen molar-refractivity contribution in [2.45, 2.75) is 66.1 Å². The van der Waals surface area contributed by atoms with Crippen LogP contribution in [0, 0.1) is 0 Å². The van der Waals surface area contributed by atoms with Crippen LogP contribution in [-0.2, 0) is 23.1 Å². The van der Waals surface area contributed by atoms with E-state index >= 15 is 0 Å². The molecule has 0 rings (SSSR count). The van der Waals surface area contributed by atoms with E-state index in [1.165, 1.54) is 0 Å².